The van der Waals surface area contributed by atoms with E-state index in [9.17, 15) is 14.4 Å². The number of carbonyl (C=O) groups excluding carboxylic acids is 3. The maximum Gasteiger partial charge on any atom is 0.272 e. The van der Waals surface area contributed by atoms with E-state index in [1.165, 1.54) is 30.3 Å². The first-order valence-corrected chi connectivity index (χ1v) is 12.8. The van der Waals surface area contributed by atoms with E-state index in [4.69, 9.17) is 16.0 Å². The number of amides is 3. The molecule has 8 nitrogen and oxygen atoms in total. The molecule has 0 saturated carbocycles. The van der Waals surface area contributed by atoms with Crippen molar-refractivity contribution >= 4 is 58.7 Å². The van der Waals surface area contributed by atoms with Gasteiger partial charge in [-0.15, -0.1) is 11.8 Å². The van der Waals surface area contributed by atoms with Gasteiger partial charge in [-0.05, 0) is 67.6 Å². The quantitative estimate of drug-likeness (QED) is 0.179. The van der Waals surface area contributed by atoms with Gasteiger partial charge >= 0.3 is 0 Å². The van der Waals surface area contributed by atoms with E-state index in [1.54, 1.807) is 85.8 Å². The number of furan rings is 1. The topological polar surface area (TPSA) is 113 Å². The second-order valence-corrected chi connectivity index (χ2v) is 9.83. The average Bonchev–Trinajstić information content (AvgIpc) is 3.44. The highest BCUT2D eigenvalue weighted by Gasteiger charge is 2.17. The summed E-state index contributed by atoms with van der Waals surface area (Å²) in [5, 5.41) is 8.27. The highest BCUT2D eigenvalue weighted by atomic mass is 35.5. The van der Waals surface area contributed by atoms with Crippen molar-refractivity contribution in [2.24, 2.45) is 0 Å². The molecule has 38 heavy (non-hydrogen) atoms. The van der Waals surface area contributed by atoms with Crippen LogP contribution in [0.1, 0.15) is 23.0 Å². The molecule has 0 aliphatic heterocycles. The van der Waals surface area contributed by atoms with Gasteiger partial charge in [0, 0.05) is 28.4 Å². The first kappa shape index (κ1) is 26.7. The molecule has 0 radical (unpaired) electrons. The molecule has 2 heterocycles. The minimum atomic E-state index is -0.519. The third-order valence-electron chi connectivity index (χ3n) is 5.13. The summed E-state index contributed by atoms with van der Waals surface area (Å²) in [5.41, 5.74) is 0.950. The van der Waals surface area contributed by atoms with Crippen molar-refractivity contribution in [3.63, 3.8) is 0 Å². The number of rotatable bonds is 9. The van der Waals surface area contributed by atoms with Crippen LogP contribution in [0.3, 0.4) is 0 Å². The molecule has 3 N–H and O–H groups in total. The number of benzene rings is 2. The number of thioether (sulfide) groups is 1. The highest BCUT2D eigenvalue weighted by Crippen LogP contribution is 2.26. The Morgan fingerprint density at radius 1 is 0.947 bits per heavy atom. The lowest BCUT2D eigenvalue weighted by atomic mass is 10.2. The lowest BCUT2D eigenvalue weighted by Gasteiger charge is -2.13. The van der Waals surface area contributed by atoms with Crippen LogP contribution < -0.4 is 16.0 Å². The first-order chi connectivity index (χ1) is 18.4. The standard InChI is InChI=1S/C28H23ClN4O4S/c1-18(26(34)33-25-14-9-20(29)17-30-25)38-23-12-10-21(11-13-23)31-28(36)24(16-22-8-5-15-37-22)32-27(35)19-6-3-2-4-7-19/h2-18H,1H3,(H,31,36)(H,32,35)(H,30,33,34)/b24-16-. The third-order valence-corrected chi connectivity index (χ3v) is 6.47. The highest BCUT2D eigenvalue weighted by molar-refractivity contribution is 8.00. The smallest absolute Gasteiger partial charge is 0.272 e. The maximum atomic E-state index is 13.0. The van der Waals surface area contributed by atoms with Crippen molar-refractivity contribution in [2.75, 3.05) is 10.6 Å². The van der Waals surface area contributed by atoms with Gasteiger partial charge in [0.15, 0.2) is 0 Å². The van der Waals surface area contributed by atoms with E-state index >= 15 is 0 Å². The number of carbonyl (C=O) groups is 3. The summed E-state index contributed by atoms with van der Waals surface area (Å²) in [7, 11) is 0. The average molecular weight is 547 g/mol. The van der Waals surface area contributed by atoms with Gasteiger partial charge in [-0.3, -0.25) is 14.4 Å². The van der Waals surface area contributed by atoms with Crippen molar-refractivity contribution in [2.45, 2.75) is 17.1 Å². The Kier molecular flexibility index (Phi) is 8.97. The zero-order chi connectivity index (χ0) is 26.9. The van der Waals surface area contributed by atoms with Gasteiger partial charge in [0.2, 0.25) is 5.91 Å². The number of halogens is 1. The monoisotopic (exact) mass is 546 g/mol. The van der Waals surface area contributed by atoms with Crippen LogP contribution in [0.5, 0.6) is 0 Å². The molecule has 2 aromatic carbocycles. The lowest BCUT2D eigenvalue weighted by Crippen LogP contribution is -2.30. The van der Waals surface area contributed by atoms with Crippen LogP contribution in [0.2, 0.25) is 5.02 Å². The van der Waals surface area contributed by atoms with E-state index in [0.717, 1.165) is 4.90 Å². The molecular weight excluding hydrogens is 524 g/mol. The Morgan fingerprint density at radius 2 is 1.71 bits per heavy atom. The molecule has 0 aliphatic rings. The predicted octanol–water partition coefficient (Wildman–Crippen LogP) is 5.86. The van der Waals surface area contributed by atoms with Gasteiger partial charge in [0.05, 0.1) is 16.5 Å². The van der Waals surface area contributed by atoms with Crippen LogP contribution >= 0.6 is 23.4 Å². The van der Waals surface area contributed by atoms with E-state index in [2.05, 4.69) is 20.9 Å². The van der Waals surface area contributed by atoms with Gasteiger partial charge < -0.3 is 20.4 Å². The predicted molar refractivity (Wildman–Crippen MR) is 149 cm³/mol. The fraction of sp³-hybridized carbons (Fsp3) is 0.0714. The zero-order valence-electron chi connectivity index (χ0n) is 20.2. The summed E-state index contributed by atoms with van der Waals surface area (Å²) in [6, 6.07) is 22.3. The van der Waals surface area contributed by atoms with Crippen LogP contribution in [-0.2, 0) is 9.59 Å². The molecular formula is C28H23ClN4O4S. The van der Waals surface area contributed by atoms with Gasteiger partial charge in [0.1, 0.15) is 17.3 Å². The minimum absolute atomic E-state index is 0.0216. The van der Waals surface area contributed by atoms with Crippen molar-refractivity contribution in [1.29, 1.82) is 0 Å². The molecule has 0 saturated heterocycles. The minimum Gasteiger partial charge on any atom is -0.465 e. The SMILES string of the molecule is CC(Sc1ccc(NC(=O)/C(=C/c2ccco2)NC(=O)c2ccccc2)cc1)C(=O)Nc1ccc(Cl)cn1. The summed E-state index contributed by atoms with van der Waals surface area (Å²) < 4.78 is 5.31. The van der Waals surface area contributed by atoms with Crippen molar-refractivity contribution in [3.8, 4) is 0 Å². The van der Waals surface area contributed by atoms with Gasteiger partial charge in [0.25, 0.3) is 11.8 Å². The number of hydrogen-bond acceptors (Lipinski definition) is 6. The molecule has 10 heteroatoms. The Bertz CT molecular complexity index is 1420. The summed E-state index contributed by atoms with van der Waals surface area (Å²) >= 11 is 7.18. The third kappa shape index (κ3) is 7.58. The van der Waals surface area contributed by atoms with Crippen molar-refractivity contribution < 1.29 is 18.8 Å². The molecule has 1 unspecified atom stereocenters. The summed E-state index contributed by atoms with van der Waals surface area (Å²) in [6.07, 6.45) is 4.39. The Morgan fingerprint density at radius 3 is 2.37 bits per heavy atom. The molecule has 0 spiro atoms. The lowest BCUT2D eigenvalue weighted by molar-refractivity contribution is -0.115. The summed E-state index contributed by atoms with van der Waals surface area (Å²) in [4.78, 5) is 43.1. The maximum absolute atomic E-state index is 13.0. The number of nitrogens with zero attached hydrogens (tertiary/aromatic N) is 1. The zero-order valence-corrected chi connectivity index (χ0v) is 21.8. The van der Waals surface area contributed by atoms with Crippen LogP contribution in [0.25, 0.3) is 6.08 Å². The summed E-state index contributed by atoms with van der Waals surface area (Å²) in [5.74, 6) is -0.316. The molecule has 1 atom stereocenters. The molecule has 0 bridgehead atoms. The molecule has 0 fully saturated rings. The fourth-order valence-corrected chi connectivity index (χ4v) is 4.19. The number of nitrogens with one attached hydrogen (secondary N) is 3. The number of aromatic nitrogens is 1. The van der Waals surface area contributed by atoms with E-state index in [1.807, 2.05) is 0 Å². The fourth-order valence-electron chi connectivity index (χ4n) is 3.21. The van der Waals surface area contributed by atoms with Crippen LogP contribution in [0.15, 0.2) is 106 Å². The molecule has 0 aliphatic carbocycles. The second-order valence-electron chi connectivity index (χ2n) is 7.98. The Labute approximate surface area is 228 Å². The molecule has 3 amide bonds. The van der Waals surface area contributed by atoms with E-state index < -0.39 is 17.1 Å². The summed E-state index contributed by atoms with van der Waals surface area (Å²) in [6.45, 7) is 1.78. The molecule has 4 rings (SSSR count). The van der Waals surface area contributed by atoms with Crippen molar-refractivity contribution in [3.05, 3.63) is 113 Å². The van der Waals surface area contributed by atoms with Gasteiger partial charge in [-0.25, -0.2) is 4.98 Å². The normalized spacial score (nSPS) is 11.9. The number of pyridine rings is 1. The van der Waals surface area contributed by atoms with Gasteiger partial charge in [-0.2, -0.15) is 0 Å². The van der Waals surface area contributed by atoms with E-state index in [-0.39, 0.29) is 11.6 Å². The van der Waals surface area contributed by atoms with Crippen LogP contribution in [0, 0.1) is 0 Å². The van der Waals surface area contributed by atoms with Crippen molar-refractivity contribution in [1.82, 2.24) is 10.3 Å². The number of anilines is 2. The van der Waals surface area contributed by atoms with Gasteiger partial charge in [-0.1, -0.05) is 29.8 Å². The molecule has 2 aromatic heterocycles. The second kappa shape index (κ2) is 12.8. The molecule has 192 valence electrons. The first-order valence-electron chi connectivity index (χ1n) is 11.5. The van der Waals surface area contributed by atoms with E-state index in [0.29, 0.717) is 27.9 Å². The van der Waals surface area contributed by atoms with Crippen LogP contribution in [-0.4, -0.2) is 28.0 Å². The number of hydrogen-bond donors (Lipinski definition) is 3. The van der Waals surface area contributed by atoms with Crippen LogP contribution in [0.4, 0.5) is 11.5 Å². The molecule has 4 aromatic rings. The Hall–Kier alpha value is -4.34. The largest absolute Gasteiger partial charge is 0.465 e. The Balaban J connectivity index is 1.39.